The number of benzene rings is 1. The smallest absolute Gasteiger partial charge is 0.310 e. The van der Waals surface area contributed by atoms with Crippen molar-refractivity contribution in [2.45, 2.75) is 31.8 Å². The van der Waals surface area contributed by atoms with Gasteiger partial charge in [-0.05, 0) is 46.0 Å². The SMILES string of the molecule is CCN1C(=O)N(CCN(C)C)C(=O)C12CCN(Cc1nc3ccccc3s1)CC2. The number of likely N-dealkylation sites (N-methyl/N-ethyl adjacent to an activating group) is 2. The van der Waals surface area contributed by atoms with E-state index in [1.165, 1.54) is 9.60 Å². The number of aromatic nitrogens is 1. The van der Waals surface area contributed by atoms with E-state index < -0.39 is 5.54 Å². The Balaban J connectivity index is 1.45. The first-order valence-corrected chi connectivity index (χ1v) is 11.1. The Hall–Kier alpha value is -2.03. The van der Waals surface area contributed by atoms with Crippen molar-refractivity contribution in [3.05, 3.63) is 29.3 Å². The summed E-state index contributed by atoms with van der Waals surface area (Å²) in [6.45, 7) is 6.08. The normalized spacial score (nSPS) is 20.0. The summed E-state index contributed by atoms with van der Waals surface area (Å²) in [5.74, 6) is -0.00848. The molecule has 8 heteroatoms. The van der Waals surface area contributed by atoms with Gasteiger partial charge < -0.3 is 9.80 Å². The summed E-state index contributed by atoms with van der Waals surface area (Å²) < 4.78 is 1.21. The van der Waals surface area contributed by atoms with Gasteiger partial charge in [0, 0.05) is 32.7 Å². The van der Waals surface area contributed by atoms with Crippen molar-refractivity contribution in [1.82, 2.24) is 24.6 Å². The molecular formula is C21H29N5O2S. The van der Waals surface area contributed by atoms with Crippen LogP contribution in [0.2, 0.25) is 0 Å². The Labute approximate surface area is 175 Å². The molecule has 1 aromatic carbocycles. The molecule has 3 amide bonds. The minimum absolute atomic E-state index is 0.00848. The molecular weight excluding hydrogens is 386 g/mol. The van der Waals surface area contributed by atoms with Crippen molar-refractivity contribution >= 4 is 33.5 Å². The van der Waals surface area contributed by atoms with E-state index in [0.717, 1.165) is 30.2 Å². The Kier molecular flexibility index (Phi) is 5.59. The molecule has 1 aromatic heterocycles. The molecule has 0 N–H and O–H groups in total. The van der Waals surface area contributed by atoms with Crippen molar-refractivity contribution in [3.8, 4) is 0 Å². The highest BCUT2D eigenvalue weighted by molar-refractivity contribution is 7.18. The van der Waals surface area contributed by atoms with Gasteiger partial charge in [-0.3, -0.25) is 14.6 Å². The number of urea groups is 1. The first kappa shape index (κ1) is 20.3. The van der Waals surface area contributed by atoms with Gasteiger partial charge in [0.1, 0.15) is 10.5 Å². The summed E-state index contributed by atoms with van der Waals surface area (Å²) in [6, 6.07) is 8.08. The molecule has 4 rings (SSSR count). The van der Waals surface area contributed by atoms with Crippen molar-refractivity contribution in [1.29, 1.82) is 0 Å². The maximum atomic E-state index is 13.3. The lowest BCUT2D eigenvalue weighted by atomic mass is 9.86. The van der Waals surface area contributed by atoms with Gasteiger partial charge in [0.25, 0.3) is 5.91 Å². The molecule has 7 nitrogen and oxygen atoms in total. The van der Waals surface area contributed by atoms with E-state index in [-0.39, 0.29) is 11.9 Å². The third kappa shape index (κ3) is 3.65. The zero-order valence-corrected chi connectivity index (χ0v) is 18.2. The summed E-state index contributed by atoms with van der Waals surface area (Å²) in [7, 11) is 3.91. The molecule has 1 spiro atoms. The topological polar surface area (TPSA) is 60.0 Å². The monoisotopic (exact) mass is 415 g/mol. The highest BCUT2D eigenvalue weighted by atomic mass is 32.1. The van der Waals surface area contributed by atoms with Crippen LogP contribution >= 0.6 is 11.3 Å². The van der Waals surface area contributed by atoms with Gasteiger partial charge in [-0.2, -0.15) is 0 Å². The third-order valence-corrected chi connectivity index (χ3v) is 7.11. The molecule has 0 atom stereocenters. The number of carbonyl (C=O) groups is 2. The minimum atomic E-state index is -0.664. The second-order valence-electron chi connectivity index (χ2n) is 8.17. The zero-order valence-electron chi connectivity index (χ0n) is 17.4. The van der Waals surface area contributed by atoms with Crippen LogP contribution in [-0.4, -0.2) is 88.9 Å². The maximum absolute atomic E-state index is 13.3. The van der Waals surface area contributed by atoms with E-state index in [9.17, 15) is 9.59 Å². The number of rotatable bonds is 6. The molecule has 2 aliphatic rings. The van der Waals surface area contributed by atoms with Crippen molar-refractivity contribution in [2.75, 3.05) is 46.8 Å². The van der Waals surface area contributed by atoms with Crippen LogP contribution in [-0.2, 0) is 11.3 Å². The number of imide groups is 1. The molecule has 0 saturated carbocycles. The fraction of sp³-hybridized carbons (Fsp3) is 0.571. The first-order valence-electron chi connectivity index (χ1n) is 10.3. The van der Waals surface area contributed by atoms with Crippen LogP contribution in [0.3, 0.4) is 0 Å². The van der Waals surface area contributed by atoms with E-state index in [2.05, 4.69) is 11.0 Å². The van der Waals surface area contributed by atoms with Crippen LogP contribution < -0.4 is 0 Å². The molecule has 2 saturated heterocycles. The Morgan fingerprint density at radius 1 is 1.17 bits per heavy atom. The summed E-state index contributed by atoms with van der Waals surface area (Å²) >= 11 is 1.73. The van der Waals surface area contributed by atoms with Gasteiger partial charge >= 0.3 is 6.03 Å². The highest BCUT2D eigenvalue weighted by Crippen LogP contribution is 2.37. The summed E-state index contributed by atoms with van der Waals surface area (Å²) in [5, 5.41) is 1.11. The second kappa shape index (κ2) is 8.01. The average molecular weight is 416 g/mol. The molecule has 0 radical (unpaired) electrons. The lowest BCUT2D eigenvalue weighted by Gasteiger charge is -2.41. The first-order chi connectivity index (χ1) is 13.9. The standard InChI is InChI=1S/C21H29N5O2S/c1-4-26-20(28)25(14-13-23(2)3)19(27)21(26)9-11-24(12-10-21)15-18-22-16-7-5-6-8-17(16)29-18/h5-8H,4,9-15H2,1-3H3. The predicted molar refractivity (Wildman–Crippen MR) is 115 cm³/mol. The van der Waals surface area contributed by atoms with Crippen LogP contribution in [0.4, 0.5) is 4.79 Å². The minimum Gasteiger partial charge on any atom is -0.310 e. The van der Waals surface area contributed by atoms with E-state index in [0.29, 0.717) is 32.5 Å². The second-order valence-corrected chi connectivity index (χ2v) is 9.29. The summed E-state index contributed by atoms with van der Waals surface area (Å²) in [4.78, 5) is 38.5. The predicted octanol–water partition coefficient (Wildman–Crippen LogP) is 2.48. The fourth-order valence-electron chi connectivity index (χ4n) is 4.46. The highest BCUT2D eigenvalue weighted by Gasteiger charge is 2.57. The number of likely N-dealkylation sites (tertiary alicyclic amines) is 1. The lowest BCUT2D eigenvalue weighted by molar-refractivity contribution is -0.135. The molecule has 156 valence electrons. The zero-order chi connectivity index (χ0) is 20.6. The van der Waals surface area contributed by atoms with Gasteiger partial charge in [-0.1, -0.05) is 12.1 Å². The maximum Gasteiger partial charge on any atom is 0.327 e. The Bertz CT molecular complexity index is 870. The molecule has 3 heterocycles. The number of fused-ring (bicyclic) bond motifs is 1. The summed E-state index contributed by atoms with van der Waals surface area (Å²) in [5.41, 5.74) is 0.383. The van der Waals surface area contributed by atoms with Crippen LogP contribution in [0.1, 0.15) is 24.8 Å². The lowest BCUT2D eigenvalue weighted by Crippen LogP contribution is -2.56. The third-order valence-electron chi connectivity index (χ3n) is 6.09. The number of hydrogen-bond donors (Lipinski definition) is 0. The number of thiazole rings is 1. The quantitative estimate of drug-likeness (QED) is 0.679. The van der Waals surface area contributed by atoms with E-state index in [1.54, 1.807) is 16.2 Å². The van der Waals surface area contributed by atoms with E-state index in [1.807, 2.05) is 44.1 Å². The van der Waals surface area contributed by atoms with E-state index in [4.69, 9.17) is 4.98 Å². The van der Waals surface area contributed by atoms with Crippen molar-refractivity contribution in [2.24, 2.45) is 0 Å². The van der Waals surface area contributed by atoms with Gasteiger partial charge in [-0.25, -0.2) is 9.78 Å². The molecule has 2 aromatic rings. The average Bonchev–Trinajstić information content (AvgIpc) is 3.19. The molecule has 29 heavy (non-hydrogen) atoms. The van der Waals surface area contributed by atoms with Gasteiger partial charge in [0.05, 0.1) is 16.8 Å². The number of hydrogen-bond acceptors (Lipinski definition) is 6. The number of piperidine rings is 1. The Morgan fingerprint density at radius 2 is 1.90 bits per heavy atom. The van der Waals surface area contributed by atoms with Crippen molar-refractivity contribution in [3.63, 3.8) is 0 Å². The van der Waals surface area contributed by atoms with Crippen LogP contribution in [0.25, 0.3) is 10.2 Å². The number of nitrogens with zero attached hydrogens (tertiary/aromatic N) is 5. The number of amides is 3. The molecule has 0 bridgehead atoms. The summed E-state index contributed by atoms with van der Waals surface area (Å²) in [6.07, 6.45) is 1.38. The fourth-order valence-corrected chi connectivity index (χ4v) is 5.47. The largest absolute Gasteiger partial charge is 0.327 e. The molecule has 2 fully saturated rings. The van der Waals surface area contributed by atoms with Gasteiger partial charge in [-0.15, -0.1) is 11.3 Å². The Morgan fingerprint density at radius 3 is 2.55 bits per heavy atom. The van der Waals surface area contributed by atoms with Gasteiger partial charge in [0.2, 0.25) is 0 Å². The molecule has 0 unspecified atom stereocenters. The van der Waals surface area contributed by atoms with Crippen LogP contribution in [0.5, 0.6) is 0 Å². The van der Waals surface area contributed by atoms with E-state index >= 15 is 0 Å². The van der Waals surface area contributed by atoms with Gasteiger partial charge in [0.15, 0.2) is 0 Å². The van der Waals surface area contributed by atoms with Crippen LogP contribution in [0, 0.1) is 0 Å². The molecule has 0 aliphatic carbocycles. The van der Waals surface area contributed by atoms with Crippen LogP contribution in [0.15, 0.2) is 24.3 Å². The molecule has 2 aliphatic heterocycles. The van der Waals surface area contributed by atoms with Crippen molar-refractivity contribution < 1.29 is 9.59 Å². The number of para-hydroxylation sites is 1. The number of carbonyl (C=O) groups excluding carboxylic acids is 2.